The summed E-state index contributed by atoms with van der Waals surface area (Å²) in [7, 11) is 0. The van der Waals surface area contributed by atoms with Gasteiger partial charge in [0, 0.05) is 6.54 Å². The zero-order chi connectivity index (χ0) is 19.5. The van der Waals surface area contributed by atoms with E-state index in [9.17, 15) is 4.79 Å². The molecule has 0 aliphatic carbocycles. The van der Waals surface area contributed by atoms with Crippen molar-refractivity contribution in [1.82, 2.24) is 14.9 Å². The number of carbonyl (C=O) groups is 1. The van der Waals surface area contributed by atoms with Crippen LogP contribution in [0.15, 0.2) is 78.9 Å². The van der Waals surface area contributed by atoms with Gasteiger partial charge in [0.25, 0.3) is 5.91 Å². The average molecular weight is 390 g/mol. The van der Waals surface area contributed by atoms with Crippen LogP contribution >= 0.6 is 11.6 Å². The third kappa shape index (κ3) is 3.64. The van der Waals surface area contributed by atoms with Gasteiger partial charge in [-0.05, 0) is 36.8 Å². The van der Waals surface area contributed by atoms with Gasteiger partial charge in [-0.1, -0.05) is 66.2 Å². The zero-order valence-corrected chi connectivity index (χ0v) is 16.2. The lowest BCUT2D eigenvalue weighted by atomic mass is 10.2. The summed E-state index contributed by atoms with van der Waals surface area (Å²) in [6.45, 7) is 2.63. The van der Waals surface area contributed by atoms with Crippen molar-refractivity contribution in [2.24, 2.45) is 0 Å². The Hall–Kier alpha value is -3.11. The average Bonchev–Trinajstić information content (AvgIpc) is 3.08. The van der Waals surface area contributed by atoms with Gasteiger partial charge in [0.1, 0.15) is 5.82 Å². The van der Waals surface area contributed by atoms with Crippen LogP contribution in [0.25, 0.3) is 11.0 Å². The second kappa shape index (κ2) is 7.87. The second-order valence-electron chi connectivity index (χ2n) is 6.71. The van der Waals surface area contributed by atoms with Crippen molar-refractivity contribution >= 4 is 28.5 Å². The summed E-state index contributed by atoms with van der Waals surface area (Å²) in [4.78, 5) is 17.5. The molecule has 0 radical (unpaired) electrons. The first-order valence-electron chi connectivity index (χ1n) is 9.18. The maximum absolute atomic E-state index is 12.7. The lowest BCUT2D eigenvalue weighted by molar-refractivity contribution is 0.0938. The molecule has 1 heterocycles. The Morgan fingerprint density at radius 3 is 2.46 bits per heavy atom. The lowest BCUT2D eigenvalue weighted by Crippen LogP contribution is -2.29. The molecule has 140 valence electrons. The molecule has 0 saturated heterocycles. The Morgan fingerprint density at radius 2 is 1.68 bits per heavy atom. The maximum Gasteiger partial charge on any atom is 0.253 e. The highest BCUT2D eigenvalue weighted by atomic mass is 35.5. The quantitative estimate of drug-likeness (QED) is 0.508. The highest BCUT2D eigenvalue weighted by Crippen LogP contribution is 2.23. The normalized spacial score (nSPS) is 12.1. The summed E-state index contributed by atoms with van der Waals surface area (Å²) in [5.41, 5.74) is 3.59. The third-order valence-corrected chi connectivity index (χ3v) is 5.05. The van der Waals surface area contributed by atoms with Gasteiger partial charge in [0.15, 0.2) is 0 Å². The Morgan fingerprint density at radius 1 is 1.00 bits per heavy atom. The van der Waals surface area contributed by atoms with Gasteiger partial charge in [-0.2, -0.15) is 0 Å². The van der Waals surface area contributed by atoms with Gasteiger partial charge < -0.3 is 9.88 Å². The molecule has 0 aliphatic heterocycles. The number of fused-ring (bicyclic) bond motifs is 1. The number of para-hydroxylation sites is 2. The lowest BCUT2D eigenvalue weighted by Gasteiger charge is -2.17. The molecule has 1 atom stereocenters. The Balaban J connectivity index is 1.68. The fourth-order valence-corrected chi connectivity index (χ4v) is 3.56. The minimum absolute atomic E-state index is 0.212. The molecule has 0 spiro atoms. The third-order valence-electron chi connectivity index (χ3n) is 4.72. The first-order chi connectivity index (χ1) is 13.6. The molecule has 0 aliphatic rings. The van der Waals surface area contributed by atoms with Crippen molar-refractivity contribution in [2.45, 2.75) is 19.5 Å². The number of amides is 1. The number of halogens is 1. The van der Waals surface area contributed by atoms with E-state index in [4.69, 9.17) is 16.6 Å². The van der Waals surface area contributed by atoms with Crippen LogP contribution in [0.2, 0.25) is 5.02 Å². The van der Waals surface area contributed by atoms with Crippen molar-refractivity contribution in [3.8, 4) is 0 Å². The largest absolute Gasteiger partial charge is 0.342 e. The fourth-order valence-electron chi connectivity index (χ4n) is 3.34. The van der Waals surface area contributed by atoms with Crippen molar-refractivity contribution < 1.29 is 4.79 Å². The molecule has 1 N–H and O–H groups in total. The molecule has 4 aromatic rings. The standard InChI is InChI=1S/C23H20ClN3O/c1-16(25-23(28)18-11-5-6-12-19(18)24)22-26-20-13-7-8-14-21(20)27(22)15-17-9-3-2-4-10-17/h2-14,16H,15H2,1H3,(H,25,28)/t16-/m1/s1. The van der Waals surface area contributed by atoms with Crippen LogP contribution in [-0.4, -0.2) is 15.5 Å². The Kier molecular flexibility index (Phi) is 5.13. The first-order valence-corrected chi connectivity index (χ1v) is 9.56. The number of hydrogen-bond donors (Lipinski definition) is 1. The number of imidazole rings is 1. The summed E-state index contributed by atoms with van der Waals surface area (Å²) >= 11 is 6.17. The zero-order valence-electron chi connectivity index (χ0n) is 15.5. The predicted molar refractivity (Wildman–Crippen MR) is 113 cm³/mol. The van der Waals surface area contributed by atoms with Crippen LogP contribution < -0.4 is 5.32 Å². The highest BCUT2D eigenvalue weighted by molar-refractivity contribution is 6.33. The number of rotatable bonds is 5. The summed E-state index contributed by atoms with van der Waals surface area (Å²) in [6, 6.07) is 25.0. The molecule has 3 aromatic carbocycles. The van der Waals surface area contributed by atoms with Gasteiger partial charge in [0.05, 0.1) is 27.7 Å². The molecule has 0 saturated carbocycles. The van der Waals surface area contributed by atoms with Crippen LogP contribution in [0.5, 0.6) is 0 Å². The van der Waals surface area contributed by atoms with Gasteiger partial charge in [-0.25, -0.2) is 4.98 Å². The predicted octanol–water partition coefficient (Wildman–Crippen LogP) is 5.23. The highest BCUT2D eigenvalue weighted by Gasteiger charge is 2.20. The van der Waals surface area contributed by atoms with E-state index in [1.807, 2.05) is 49.4 Å². The Bertz CT molecular complexity index is 1120. The Labute approximate surface area is 168 Å². The van der Waals surface area contributed by atoms with Crippen LogP contribution in [-0.2, 0) is 6.54 Å². The molecule has 5 heteroatoms. The monoisotopic (exact) mass is 389 g/mol. The second-order valence-corrected chi connectivity index (χ2v) is 7.11. The molecule has 28 heavy (non-hydrogen) atoms. The van der Waals surface area contributed by atoms with Crippen molar-refractivity contribution in [1.29, 1.82) is 0 Å². The number of hydrogen-bond acceptors (Lipinski definition) is 2. The van der Waals surface area contributed by atoms with E-state index in [-0.39, 0.29) is 11.9 Å². The van der Waals surface area contributed by atoms with Gasteiger partial charge in [-0.15, -0.1) is 0 Å². The van der Waals surface area contributed by atoms with Gasteiger partial charge >= 0.3 is 0 Å². The van der Waals surface area contributed by atoms with E-state index in [2.05, 4.69) is 28.1 Å². The van der Waals surface area contributed by atoms with E-state index in [0.717, 1.165) is 16.9 Å². The maximum atomic E-state index is 12.7. The summed E-state index contributed by atoms with van der Waals surface area (Å²) in [5.74, 6) is 0.599. The van der Waals surface area contributed by atoms with E-state index in [0.29, 0.717) is 17.1 Å². The van der Waals surface area contributed by atoms with Crippen molar-refractivity contribution in [3.05, 3.63) is 101 Å². The molecule has 0 fully saturated rings. The minimum Gasteiger partial charge on any atom is -0.342 e. The molecule has 4 nitrogen and oxygen atoms in total. The summed E-state index contributed by atoms with van der Waals surface area (Å²) in [6.07, 6.45) is 0. The topological polar surface area (TPSA) is 46.9 Å². The number of nitrogens with zero attached hydrogens (tertiary/aromatic N) is 2. The van der Waals surface area contributed by atoms with Gasteiger partial charge in [0.2, 0.25) is 0 Å². The number of aromatic nitrogens is 2. The van der Waals surface area contributed by atoms with E-state index < -0.39 is 0 Å². The molecule has 1 amide bonds. The molecule has 0 unspecified atom stereocenters. The van der Waals surface area contributed by atoms with Crippen LogP contribution in [0.1, 0.15) is 34.7 Å². The van der Waals surface area contributed by atoms with E-state index in [1.165, 1.54) is 5.56 Å². The van der Waals surface area contributed by atoms with Crippen LogP contribution in [0.3, 0.4) is 0 Å². The van der Waals surface area contributed by atoms with Crippen molar-refractivity contribution in [2.75, 3.05) is 0 Å². The molecular weight excluding hydrogens is 370 g/mol. The minimum atomic E-state index is -0.278. The molecule has 1 aromatic heterocycles. The number of benzene rings is 3. The summed E-state index contributed by atoms with van der Waals surface area (Å²) < 4.78 is 2.15. The van der Waals surface area contributed by atoms with Crippen LogP contribution in [0.4, 0.5) is 0 Å². The first kappa shape index (κ1) is 18.3. The van der Waals surface area contributed by atoms with E-state index >= 15 is 0 Å². The number of carbonyl (C=O) groups excluding carboxylic acids is 1. The SMILES string of the molecule is C[C@@H](NC(=O)c1ccccc1Cl)c1nc2ccccc2n1Cc1ccccc1. The molecular formula is C23H20ClN3O. The van der Waals surface area contributed by atoms with Crippen molar-refractivity contribution in [3.63, 3.8) is 0 Å². The van der Waals surface area contributed by atoms with E-state index in [1.54, 1.807) is 18.2 Å². The number of nitrogens with one attached hydrogen (secondary N) is 1. The van der Waals surface area contributed by atoms with Crippen LogP contribution in [0, 0.1) is 0 Å². The fraction of sp³-hybridized carbons (Fsp3) is 0.130. The van der Waals surface area contributed by atoms with Gasteiger partial charge in [-0.3, -0.25) is 4.79 Å². The molecule has 4 rings (SSSR count). The molecule has 0 bridgehead atoms. The summed E-state index contributed by atoms with van der Waals surface area (Å²) in [5, 5.41) is 3.47. The smallest absolute Gasteiger partial charge is 0.253 e.